The molecule has 0 amide bonds. The molecular formula is C18H10Br2N6S4. The van der Waals surface area contributed by atoms with Crippen LogP contribution >= 0.6 is 76.1 Å². The summed E-state index contributed by atoms with van der Waals surface area (Å²) in [4.78, 5) is 8.76. The van der Waals surface area contributed by atoms with Crippen LogP contribution in [0.15, 0.2) is 76.1 Å². The van der Waals surface area contributed by atoms with Crippen molar-refractivity contribution in [1.82, 2.24) is 20.4 Å². The first-order chi connectivity index (χ1) is 14.6. The Hall–Kier alpha value is -1.44. The van der Waals surface area contributed by atoms with Crippen molar-refractivity contribution in [3.8, 4) is 0 Å². The molecule has 0 N–H and O–H groups in total. The van der Waals surface area contributed by atoms with Gasteiger partial charge in [0.05, 0.1) is 0 Å². The second-order valence-corrected chi connectivity index (χ2v) is 11.9. The van der Waals surface area contributed by atoms with Crippen molar-refractivity contribution < 1.29 is 0 Å². The molecule has 0 aliphatic heterocycles. The summed E-state index contributed by atoms with van der Waals surface area (Å²) in [5.74, 6) is 0. The molecule has 0 saturated carbocycles. The van der Waals surface area contributed by atoms with Gasteiger partial charge in [0.1, 0.15) is 0 Å². The zero-order chi connectivity index (χ0) is 20.8. The maximum Gasteiger partial charge on any atom is 0.232 e. The Balaban J connectivity index is 1.31. The van der Waals surface area contributed by atoms with E-state index in [0.29, 0.717) is 10.3 Å². The molecule has 0 saturated heterocycles. The summed E-state index contributed by atoms with van der Waals surface area (Å²) >= 11 is 9.68. The van der Waals surface area contributed by atoms with Crippen LogP contribution in [0.1, 0.15) is 11.1 Å². The maximum atomic E-state index is 4.38. The molecule has 150 valence electrons. The van der Waals surface area contributed by atoms with Crippen molar-refractivity contribution in [3.63, 3.8) is 0 Å². The van der Waals surface area contributed by atoms with Gasteiger partial charge in [-0.3, -0.25) is 0 Å². The number of hydrogen-bond acceptors (Lipinski definition) is 10. The first-order valence-electron chi connectivity index (χ1n) is 8.25. The first kappa shape index (κ1) is 21.8. The molecule has 2 heterocycles. The second kappa shape index (κ2) is 10.7. The zero-order valence-corrected chi connectivity index (χ0v) is 21.3. The molecule has 0 aliphatic rings. The third kappa shape index (κ3) is 6.53. The Morgan fingerprint density at radius 1 is 0.633 bits per heavy atom. The van der Waals surface area contributed by atoms with Crippen LogP contribution in [0.4, 0.5) is 10.3 Å². The Bertz CT molecular complexity index is 1080. The van der Waals surface area contributed by atoms with Gasteiger partial charge >= 0.3 is 0 Å². The van der Waals surface area contributed by atoms with E-state index in [1.807, 2.05) is 48.5 Å². The summed E-state index contributed by atoms with van der Waals surface area (Å²) in [6, 6.07) is 15.8. The summed E-state index contributed by atoms with van der Waals surface area (Å²) in [5, 5.41) is 17.7. The largest absolute Gasteiger partial charge is 0.232 e. The summed E-state index contributed by atoms with van der Waals surface area (Å²) in [5.41, 5.74) is 2.00. The van der Waals surface area contributed by atoms with Gasteiger partial charge in [0.2, 0.25) is 10.3 Å². The normalized spacial score (nSPS) is 11.7. The molecule has 30 heavy (non-hydrogen) atoms. The Labute approximate surface area is 205 Å². The number of aromatic nitrogens is 4. The van der Waals surface area contributed by atoms with Crippen LogP contribution in [0, 0.1) is 0 Å². The lowest BCUT2D eigenvalue weighted by Crippen LogP contribution is -1.78. The van der Waals surface area contributed by atoms with Gasteiger partial charge in [-0.05, 0) is 57.0 Å². The first-order valence-corrected chi connectivity index (χ1v) is 13.6. The van der Waals surface area contributed by atoms with Crippen molar-refractivity contribution in [3.05, 3.63) is 68.6 Å². The molecule has 2 aromatic heterocycles. The third-order valence-electron chi connectivity index (χ3n) is 3.36. The van der Waals surface area contributed by atoms with E-state index in [2.05, 4.69) is 62.2 Å². The van der Waals surface area contributed by atoms with E-state index in [0.717, 1.165) is 28.8 Å². The average Bonchev–Trinajstić information content (AvgIpc) is 3.41. The van der Waals surface area contributed by atoms with E-state index in [1.165, 1.54) is 44.3 Å². The van der Waals surface area contributed by atoms with Crippen LogP contribution in [0.5, 0.6) is 0 Å². The molecule has 0 radical (unpaired) electrons. The molecular weight excluding hydrogens is 588 g/mol. The third-order valence-corrected chi connectivity index (χ3v) is 9.04. The molecule has 4 aromatic rings. The number of benzene rings is 2. The second-order valence-electron chi connectivity index (χ2n) is 5.49. The minimum atomic E-state index is 0.609. The topological polar surface area (TPSA) is 76.3 Å². The Morgan fingerprint density at radius 3 is 1.43 bits per heavy atom. The fourth-order valence-corrected chi connectivity index (χ4v) is 6.25. The molecule has 6 nitrogen and oxygen atoms in total. The highest BCUT2D eigenvalue weighted by molar-refractivity contribution is 9.10. The van der Waals surface area contributed by atoms with Gasteiger partial charge in [-0.15, -0.1) is 20.4 Å². The van der Waals surface area contributed by atoms with Crippen molar-refractivity contribution >= 4 is 98.8 Å². The van der Waals surface area contributed by atoms with Gasteiger partial charge in [0.15, 0.2) is 8.68 Å². The highest BCUT2D eigenvalue weighted by Gasteiger charge is 2.09. The molecule has 0 atom stereocenters. The van der Waals surface area contributed by atoms with E-state index < -0.39 is 0 Å². The van der Waals surface area contributed by atoms with Crippen LogP contribution in [-0.4, -0.2) is 32.8 Å². The molecule has 0 fully saturated rings. The maximum absolute atomic E-state index is 4.38. The molecule has 0 bridgehead atoms. The predicted octanol–water partition coefficient (Wildman–Crippen LogP) is 7.22. The van der Waals surface area contributed by atoms with Gasteiger partial charge in [-0.25, -0.2) is 9.98 Å². The highest BCUT2D eigenvalue weighted by atomic mass is 79.9. The van der Waals surface area contributed by atoms with Crippen LogP contribution in [0.3, 0.4) is 0 Å². The number of rotatable bonds is 7. The van der Waals surface area contributed by atoms with Gasteiger partial charge in [-0.1, -0.05) is 78.8 Å². The van der Waals surface area contributed by atoms with Gasteiger partial charge in [-0.2, -0.15) is 0 Å². The van der Waals surface area contributed by atoms with Crippen molar-refractivity contribution in [2.75, 3.05) is 0 Å². The average molecular weight is 598 g/mol. The molecule has 0 aliphatic carbocycles. The smallest absolute Gasteiger partial charge is 0.226 e. The van der Waals surface area contributed by atoms with Crippen LogP contribution in [0.25, 0.3) is 0 Å². The van der Waals surface area contributed by atoms with E-state index in [-0.39, 0.29) is 0 Å². The molecule has 2 aromatic carbocycles. The minimum absolute atomic E-state index is 0.609. The number of halogens is 2. The summed E-state index contributed by atoms with van der Waals surface area (Å²) in [7, 11) is 2.96. The molecule has 0 spiro atoms. The SMILES string of the molecule is Brc1ccc(C=Nc2nnc(SSc3nnc(N=Cc4ccc(Br)cc4)s3)s2)cc1. The lowest BCUT2D eigenvalue weighted by molar-refractivity contribution is 1.01. The van der Waals surface area contributed by atoms with Crippen LogP contribution < -0.4 is 0 Å². The van der Waals surface area contributed by atoms with Crippen molar-refractivity contribution in [2.45, 2.75) is 8.68 Å². The summed E-state index contributed by atoms with van der Waals surface area (Å²) in [6.07, 6.45) is 3.55. The Kier molecular flexibility index (Phi) is 7.79. The van der Waals surface area contributed by atoms with Gasteiger partial charge in [0.25, 0.3) is 0 Å². The zero-order valence-electron chi connectivity index (χ0n) is 14.8. The van der Waals surface area contributed by atoms with Gasteiger partial charge < -0.3 is 0 Å². The van der Waals surface area contributed by atoms with E-state index in [4.69, 9.17) is 0 Å². The van der Waals surface area contributed by atoms with Crippen LogP contribution in [-0.2, 0) is 0 Å². The minimum Gasteiger partial charge on any atom is -0.226 e. The highest BCUT2D eigenvalue weighted by Crippen LogP contribution is 2.42. The lowest BCUT2D eigenvalue weighted by atomic mass is 10.2. The van der Waals surface area contributed by atoms with Gasteiger partial charge in [0, 0.05) is 21.4 Å². The number of nitrogens with zero attached hydrogens (tertiary/aromatic N) is 6. The summed E-state index contributed by atoms with van der Waals surface area (Å²) < 4.78 is 3.67. The van der Waals surface area contributed by atoms with E-state index in [1.54, 1.807) is 12.4 Å². The number of hydrogen-bond donors (Lipinski definition) is 0. The quantitative estimate of drug-likeness (QED) is 0.165. The van der Waals surface area contributed by atoms with Crippen LogP contribution in [0.2, 0.25) is 0 Å². The lowest BCUT2D eigenvalue weighted by Gasteiger charge is -1.91. The van der Waals surface area contributed by atoms with E-state index >= 15 is 0 Å². The monoisotopic (exact) mass is 596 g/mol. The molecule has 4 rings (SSSR count). The fraction of sp³-hybridized carbons (Fsp3) is 0. The fourth-order valence-electron chi connectivity index (χ4n) is 2.01. The molecule has 12 heteroatoms. The Morgan fingerprint density at radius 2 is 1.03 bits per heavy atom. The summed E-state index contributed by atoms with van der Waals surface area (Å²) in [6.45, 7) is 0. The van der Waals surface area contributed by atoms with E-state index in [9.17, 15) is 0 Å². The number of aliphatic imine (C=N–C) groups is 2. The standard InChI is InChI=1S/C18H10Br2N6S4/c19-13-5-1-11(2-6-13)9-21-15-23-25-17(27-15)29-30-18-26-24-16(28-18)22-10-12-3-7-14(20)8-4-12/h1-10H. The van der Waals surface area contributed by atoms with Crippen molar-refractivity contribution in [1.29, 1.82) is 0 Å². The van der Waals surface area contributed by atoms with Crippen molar-refractivity contribution in [2.24, 2.45) is 9.98 Å². The molecule has 0 unspecified atom stereocenters. The predicted molar refractivity (Wildman–Crippen MR) is 134 cm³/mol.